The molecule has 1 saturated heterocycles. The van der Waals surface area contributed by atoms with Crippen LogP contribution in [0.5, 0.6) is 5.75 Å². The van der Waals surface area contributed by atoms with Crippen LogP contribution in [0.3, 0.4) is 0 Å². The van der Waals surface area contributed by atoms with Crippen molar-refractivity contribution in [3.63, 3.8) is 0 Å². The van der Waals surface area contributed by atoms with Crippen molar-refractivity contribution in [2.75, 3.05) is 12.3 Å². The van der Waals surface area contributed by atoms with Gasteiger partial charge in [0.2, 0.25) is 0 Å². The predicted molar refractivity (Wildman–Crippen MR) is 47.8 cm³/mol. The van der Waals surface area contributed by atoms with Crippen LogP contribution in [-0.2, 0) is 0 Å². The molecule has 13 heavy (non-hydrogen) atoms. The van der Waals surface area contributed by atoms with Gasteiger partial charge in [0.05, 0.1) is 5.69 Å². The maximum Gasteiger partial charge on any atom is 0.143 e. The topological polar surface area (TPSA) is 58.3 Å². The maximum absolute atomic E-state index is 12.9. The second-order valence-corrected chi connectivity index (χ2v) is 3.23. The molecule has 1 fully saturated rings. The first kappa shape index (κ1) is 8.31. The molecule has 1 heterocycles. The van der Waals surface area contributed by atoms with Crippen LogP contribution in [0.15, 0.2) is 12.1 Å². The Morgan fingerprint density at radius 2 is 2.23 bits per heavy atom. The van der Waals surface area contributed by atoms with E-state index in [9.17, 15) is 9.50 Å². The van der Waals surface area contributed by atoms with Gasteiger partial charge in [-0.1, -0.05) is 0 Å². The monoisotopic (exact) mass is 182 g/mol. The molecule has 3 nitrogen and oxygen atoms in total. The van der Waals surface area contributed by atoms with E-state index in [2.05, 4.69) is 5.32 Å². The molecule has 1 aliphatic rings. The van der Waals surface area contributed by atoms with Crippen molar-refractivity contribution in [2.45, 2.75) is 12.5 Å². The number of nitrogens with two attached hydrogens (primary N) is 1. The highest BCUT2D eigenvalue weighted by molar-refractivity contribution is 5.57. The molecule has 0 radical (unpaired) electrons. The molecule has 0 aliphatic carbocycles. The van der Waals surface area contributed by atoms with Gasteiger partial charge < -0.3 is 16.2 Å². The predicted octanol–water partition coefficient (Wildman–Crippen LogP) is 1.15. The summed E-state index contributed by atoms with van der Waals surface area (Å²) in [6, 6.07) is 2.50. The average Bonchev–Trinajstić information content (AvgIpc) is 1.95. The molecule has 0 aromatic heterocycles. The van der Waals surface area contributed by atoms with E-state index in [-0.39, 0.29) is 17.5 Å². The van der Waals surface area contributed by atoms with Crippen LogP contribution in [0.2, 0.25) is 0 Å². The Morgan fingerprint density at radius 1 is 1.54 bits per heavy atom. The summed E-state index contributed by atoms with van der Waals surface area (Å²) >= 11 is 0. The largest absolute Gasteiger partial charge is 0.505 e. The highest BCUT2D eigenvalue weighted by atomic mass is 19.1. The molecule has 0 spiro atoms. The minimum atomic E-state index is -0.404. The summed E-state index contributed by atoms with van der Waals surface area (Å²) < 4.78 is 12.9. The van der Waals surface area contributed by atoms with E-state index in [1.165, 1.54) is 6.07 Å². The number of benzene rings is 1. The summed E-state index contributed by atoms with van der Waals surface area (Å²) in [5, 5.41) is 12.6. The minimum Gasteiger partial charge on any atom is -0.505 e. The van der Waals surface area contributed by atoms with Gasteiger partial charge in [-0.2, -0.15) is 0 Å². The third-order valence-corrected chi connectivity index (χ3v) is 2.33. The number of hydrogen-bond acceptors (Lipinski definition) is 3. The molecular formula is C9H11FN2O. The van der Waals surface area contributed by atoms with Gasteiger partial charge in [-0.25, -0.2) is 4.39 Å². The molecule has 4 N–H and O–H groups in total. The fourth-order valence-corrected chi connectivity index (χ4v) is 1.46. The first-order chi connectivity index (χ1) is 6.18. The van der Waals surface area contributed by atoms with Crippen molar-refractivity contribution in [3.8, 4) is 5.75 Å². The van der Waals surface area contributed by atoms with Crippen molar-refractivity contribution in [1.82, 2.24) is 5.32 Å². The molecule has 2 rings (SSSR count). The Hall–Kier alpha value is -1.29. The number of anilines is 1. The molecule has 0 amide bonds. The molecule has 1 aromatic carbocycles. The van der Waals surface area contributed by atoms with Crippen LogP contribution in [0.4, 0.5) is 10.1 Å². The zero-order valence-electron chi connectivity index (χ0n) is 7.05. The molecule has 0 unspecified atom stereocenters. The Morgan fingerprint density at radius 3 is 2.77 bits per heavy atom. The van der Waals surface area contributed by atoms with E-state index < -0.39 is 5.82 Å². The van der Waals surface area contributed by atoms with E-state index in [0.717, 1.165) is 19.0 Å². The van der Waals surface area contributed by atoms with Crippen LogP contribution in [0, 0.1) is 5.82 Å². The standard InChI is InChI=1S/C9H11FN2O/c10-5-3-6(8-1-2-12-8)9(13)7(11)4-5/h3-4,8,12-13H,1-2,11H2/t8-/m1/s1. The minimum absolute atomic E-state index is 0.00130. The van der Waals surface area contributed by atoms with E-state index in [1.807, 2.05) is 0 Å². The number of rotatable bonds is 1. The number of aromatic hydroxyl groups is 1. The summed E-state index contributed by atoms with van der Waals surface area (Å²) in [7, 11) is 0. The lowest BCUT2D eigenvalue weighted by atomic mass is 9.96. The summed E-state index contributed by atoms with van der Waals surface area (Å²) in [6.07, 6.45) is 0.913. The van der Waals surface area contributed by atoms with Crippen LogP contribution >= 0.6 is 0 Å². The van der Waals surface area contributed by atoms with E-state index in [1.54, 1.807) is 0 Å². The van der Waals surface area contributed by atoms with Crippen LogP contribution < -0.4 is 11.1 Å². The first-order valence-electron chi connectivity index (χ1n) is 4.20. The van der Waals surface area contributed by atoms with Gasteiger partial charge in [0.1, 0.15) is 11.6 Å². The smallest absolute Gasteiger partial charge is 0.143 e. The fraction of sp³-hybridized carbons (Fsp3) is 0.333. The summed E-state index contributed by atoms with van der Waals surface area (Å²) in [5.74, 6) is -0.405. The van der Waals surface area contributed by atoms with Crippen molar-refractivity contribution in [3.05, 3.63) is 23.5 Å². The van der Waals surface area contributed by atoms with Gasteiger partial charge in [0.15, 0.2) is 0 Å². The molecule has 1 aromatic rings. The van der Waals surface area contributed by atoms with E-state index in [4.69, 9.17) is 5.73 Å². The van der Waals surface area contributed by atoms with Crippen molar-refractivity contribution in [1.29, 1.82) is 0 Å². The normalized spacial score (nSPS) is 21.2. The lowest BCUT2D eigenvalue weighted by Crippen LogP contribution is -2.35. The average molecular weight is 182 g/mol. The third-order valence-electron chi connectivity index (χ3n) is 2.33. The van der Waals surface area contributed by atoms with Gasteiger partial charge in [-0.15, -0.1) is 0 Å². The Bertz CT molecular complexity index is 337. The van der Waals surface area contributed by atoms with Gasteiger partial charge in [0.25, 0.3) is 0 Å². The van der Waals surface area contributed by atoms with Crippen LogP contribution in [0.25, 0.3) is 0 Å². The van der Waals surface area contributed by atoms with E-state index >= 15 is 0 Å². The number of phenolic OH excluding ortho intramolecular Hbond substituents is 1. The molecule has 70 valence electrons. The summed E-state index contributed by atoms with van der Waals surface area (Å²) in [5.41, 5.74) is 6.08. The SMILES string of the molecule is Nc1cc(F)cc([C@H]2CCN2)c1O. The fourth-order valence-electron chi connectivity index (χ4n) is 1.46. The Labute approximate surface area is 75.4 Å². The zero-order valence-corrected chi connectivity index (χ0v) is 7.05. The number of halogens is 1. The van der Waals surface area contributed by atoms with Crippen LogP contribution in [-0.4, -0.2) is 11.7 Å². The Balaban J connectivity index is 2.42. The van der Waals surface area contributed by atoms with Gasteiger partial charge in [0, 0.05) is 17.7 Å². The van der Waals surface area contributed by atoms with Crippen molar-refractivity contribution < 1.29 is 9.50 Å². The number of nitrogen functional groups attached to an aromatic ring is 1. The van der Waals surface area contributed by atoms with Crippen LogP contribution in [0.1, 0.15) is 18.0 Å². The highest BCUT2D eigenvalue weighted by Gasteiger charge is 2.23. The quantitative estimate of drug-likeness (QED) is 0.451. The number of hydrogen-bond donors (Lipinski definition) is 3. The molecule has 1 aliphatic heterocycles. The second kappa shape index (κ2) is 2.88. The summed E-state index contributed by atoms with van der Waals surface area (Å²) in [6.45, 7) is 0.903. The lowest BCUT2D eigenvalue weighted by Gasteiger charge is -2.28. The molecule has 4 heteroatoms. The van der Waals surface area contributed by atoms with Gasteiger partial charge >= 0.3 is 0 Å². The van der Waals surface area contributed by atoms with E-state index in [0.29, 0.717) is 5.56 Å². The highest BCUT2D eigenvalue weighted by Crippen LogP contribution is 2.34. The van der Waals surface area contributed by atoms with Crippen molar-refractivity contribution >= 4 is 5.69 Å². The van der Waals surface area contributed by atoms with Gasteiger partial charge in [-0.05, 0) is 19.0 Å². The zero-order chi connectivity index (χ0) is 9.42. The molecule has 0 bridgehead atoms. The first-order valence-corrected chi connectivity index (χ1v) is 4.20. The second-order valence-electron chi connectivity index (χ2n) is 3.23. The number of nitrogens with one attached hydrogen (secondary N) is 1. The molecular weight excluding hydrogens is 171 g/mol. The lowest BCUT2D eigenvalue weighted by molar-refractivity contribution is 0.363. The Kier molecular flexibility index (Phi) is 1.84. The maximum atomic E-state index is 12.9. The molecule has 1 atom stereocenters. The summed E-state index contributed by atoms with van der Waals surface area (Å²) in [4.78, 5) is 0. The van der Waals surface area contributed by atoms with Gasteiger partial charge in [-0.3, -0.25) is 0 Å². The number of phenols is 1. The molecule has 0 saturated carbocycles. The van der Waals surface area contributed by atoms with Crippen molar-refractivity contribution in [2.24, 2.45) is 0 Å². The third kappa shape index (κ3) is 1.33.